The maximum absolute atomic E-state index is 11.2. The fourth-order valence-electron chi connectivity index (χ4n) is 2.29. The average Bonchev–Trinajstić information content (AvgIpc) is 2.45. The number of hydrogen-bond acceptors (Lipinski definition) is 3. The first kappa shape index (κ1) is 19.2. The normalized spacial score (nSPS) is 17.2. The molecule has 8 heteroatoms. The highest BCUT2D eigenvalue weighted by atomic mass is 127. The van der Waals surface area contributed by atoms with Crippen molar-refractivity contribution in [2.24, 2.45) is 21.8 Å². The summed E-state index contributed by atoms with van der Waals surface area (Å²) >= 11 is 0. The van der Waals surface area contributed by atoms with Gasteiger partial charge in [0.2, 0.25) is 10.0 Å². The number of aliphatic imine (C=N–C) groups is 1. The molecule has 124 valence electrons. The molecule has 0 saturated carbocycles. The molecule has 0 aromatic heterocycles. The summed E-state index contributed by atoms with van der Waals surface area (Å²) in [6, 6.07) is 6.38. The van der Waals surface area contributed by atoms with Crippen LogP contribution in [0.25, 0.3) is 0 Å². The molecule has 1 aliphatic rings. The number of nitrogens with zero attached hydrogens (tertiary/aromatic N) is 2. The average molecular weight is 438 g/mol. The molecule has 1 aromatic carbocycles. The summed E-state index contributed by atoms with van der Waals surface area (Å²) in [5.74, 6) is 1.30. The number of guanidine groups is 1. The maximum atomic E-state index is 11.2. The molecule has 1 aliphatic heterocycles. The van der Waals surface area contributed by atoms with Gasteiger partial charge in [-0.1, -0.05) is 19.1 Å². The van der Waals surface area contributed by atoms with E-state index in [1.54, 1.807) is 12.1 Å². The molecule has 0 spiro atoms. The van der Waals surface area contributed by atoms with Crippen LogP contribution < -0.4 is 10.9 Å². The molecular weight excluding hydrogens is 415 g/mol. The lowest BCUT2D eigenvalue weighted by Crippen LogP contribution is -2.42. The molecule has 0 radical (unpaired) electrons. The first-order valence-electron chi connectivity index (χ1n) is 7.03. The smallest absolute Gasteiger partial charge is 0.238 e. The van der Waals surface area contributed by atoms with Crippen molar-refractivity contribution in [2.45, 2.75) is 31.2 Å². The van der Waals surface area contributed by atoms with Gasteiger partial charge in [0.15, 0.2) is 5.96 Å². The third-order valence-electron chi connectivity index (χ3n) is 3.78. The second kappa shape index (κ2) is 8.11. The minimum atomic E-state index is -3.64. The number of sulfonamides is 1. The van der Waals surface area contributed by atoms with Crippen LogP contribution in [0.1, 0.15) is 25.3 Å². The van der Waals surface area contributed by atoms with Crippen molar-refractivity contribution in [1.82, 2.24) is 4.90 Å². The van der Waals surface area contributed by atoms with Gasteiger partial charge in [0.1, 0.15) is 0 Å². The summed E-state index contributed by atoms with van der Waals surface area (Å²) in [5, 5.41) is 5.06. The summed E-state index contributed by atoms with van der Waals surface area (Å²) in [7, 11) is -3.64. The van der Waals surface area contributed by atoms with Crippen LogP contribution in [0.5, 0.6) is 0 Å². The lowest BCUT2D eigenvalue weighted by Gasteiger charge is -2.31. The van der Waals surface area contributed by atoms with Crippen LogP contribution in [0.2, 0.25) is 0 Å². The van der Waals surface area contributed by atoms with E-state index in [4.69, 9.17) is 10.9 Å². The maximum Gasteiger partial charge on any atom is 0.238 e. The predicted octanol–water partition coefficient (Wildman–Crippen LogP) is 1.50. The lowest BCUT2D eigenvalue weighted by atomic mass is 10.00. The summed E-state index contributed by atoms with van der Waals surface area (Å²) in [6.07, 6.45) is 2.28. The van der Waals surface area contributed by atoms with E-state index in [0.717, 1.165) is 37.4 Å². The van der Waals surface area contributed by atoms with Crippen molar-refractivity contribution in [3.63, 3.8) is 0 Å². The van der Waals surface area contributed by atoms with Crippen LogP contribution in [0, 0.1) is 5.92 Å². The third-order valence-corrected chi connectivity index (χ3v) is 4.71. The second-order valence-corrected chi connectivity index (χ2v) is 7.09. The number of likely N-dealkylation sites (tertiary alicyclic amines) is 1. The van der Waals surface area contributed by atoms with Crippen molar-refractivity contribution in [1.29, 1.82) is 0 Å². The zero-order valence-corrected chi connectivity index (χ0v) is 15.8. The van der Waals surface area contributed by atoms with Gasteiger partial charge in [0, 0.05) is 13.1 Å². The molecule has 4 N–H and O–H groups in total. The molecule has 0 bridgehead atoms. The first-order chi connectivity index (χ1) is 9.86. The van der Waals surface area contributed by atoms with E-state index in [0.29, 0.717) is 12.5 Å². The van der Waals surface area contributed by atoms with E-state index in [1.165, 1.54) is 12.1 Å². The molecule has 0 amide bonds. The van der Waals surface area contributed by atoms with Crippen LogP contribution in [0.4, 0.5) is 0 Å². The Morgan fingerprint density at radius 2 is 1.82 bits per heavy atom. The highest BCUT2D eigenvalue weighted by Crippen LogP contribution is 2.16. The summed E-state index contributed by atoms with van der Waals surface area (Å²) in [4.78, 5) is 6.58. The quantitative estimate of drug-likeness (QED) is 0.424. The summed E-state index contributed by atoms with van der Waals surface area (Å²) < 4.78 is 22.3. The number of piperidine rings is 1. The standard InChI is InChI=1S/C14H22N4O2S.HI/c1-11-6-8-18(9-7-11)14(15)17-10-12-2-4-13(5-3-12)21(16,19)20;/h2-5,11H,6-10H2,1H3,(H2,15,17)(H2,16,19,20);1H. The number of primary sulfonamides is 1. The van der Waals surface area contributed by atoms with E-state index in [2.05, 4.69) is 16.8 Å². The van der Waals surface area contributed by atoms with Gasteiger partial charge in [-0.15, -0.1) is 24.0 Å². The van der Waals surface area contributed by atoms with Crippen molar-refractivity contribution in [3.8, 4) is 0 Å². The minimum absolute atomic E-state index is 0. The van der Waals surface area contributed by atoms with Gasteiger partial charge in [0.25, 0.3) is 0 Å². The van der Waals surface area contributed by atoms with Gasteiger partial charge in [0.05, 0.1) is 11.4 Å². The molecule has 22 heavy (non-hydrogen) atoms. The Kier molecular flexibility index (Phi) is 7.07. The summed E-state index contributed by atoms with van der Waals surface area (Å²) in [6.45, 7) is 4.57. The monoisotopic (exact) mass is 438 g/mol. The highest BCUT2D eigenvalue weighted by molar-refractivity contribution is 14.0. The van der Waals surface area contributed by atoms with E-state index in [1.807, 2.05) is 0 Å². The Labute approximate surface area is 149 Å². The third kappa shape index (κ3) is 5.40. The molecular formula is C14H23IN4O2S. The van der Waals surface area contributed by atoms with Crippen molar-refractivity contribution in [3.05, 3.63) is 29.8 Å². The van der Waals surface area contributed by atoms with Gasteiger partial charge in [-0.05, 0) is 36.5 Å². The molecule has 0 aliphatic carbocycles. The van der Waals surface area contributed by atoms with Crippen molar-refractivity contribution >= 4 is 40.0 Å². The molecule has 0 unspecified atom stereocenters. The van der Waals surface area contributed by atoms with Crippen LogP contribution in [-0.2, 0) is 16.6 Å². The van der Waals surface area contributed by atoms with E-state index in [9.17, 15) is 8.42 Å². The van der Waals surface area contributed by atoms with Gasteiger partial charge >= 0.3 is 0 Å². The minimum Gasteiger partial charge on any atom is -0.370 e. The Morgan fingerprint density at radius 1 is 1.27 bits per heavy atom. The zero-order chi connectivity index (χ0) is 15.5. The van der Waals surface area contributed by atoms with Gasteiger partial charge < -0.3 is 10.6 Å². The van der Waals surface area contributed by atoms with E-state index in [-0.39, 0.29) is 28.9 Å². The van der Waals surface area contributed by atoms with Gasteiger partial charge in [-0.3, -0.25) is 0 Å². The van der Waals surface area contributed by atoms with Crippen LogP contribution in [0.15, 0.2) is 34.2 Å². The Hall–Kier alpha value is -0.870. The van der Waals surface area contributed by atoms with Gasteiger partial charge in [-0.25, -0.2) is 18.5 Å². The van der Waals surface area contributed by atoms with Gasteiger partial charge in [-0.2, -0.15) is 0 Å². The van der Waals surface area contributed by atoms with Crippen molar-refractivity contribution < 1.29 is 8.42 Å². The number of halogens is 1. The molecule has 1 saturated heterocycles. The Morgan fingerprint density at radius 3 is 2.32 bits per heavy atom. The summed E-state index contributed by atoms with van der Waals surface area (Å²) in [5.41, 5.74) is 6.90. The Bertz CT molecular complexity index is 608. The highest BCUT2D eigenvalue weighted by Gasteiger charge is 2.16. The van der Waals surface area contributed by atoms with E-state index < -0.39 is 10.0 Å². The molecule has 1 aromatic rings. The molecule has 0 atom stereocenters. The molecule has 1 heterocycles. The second-order valence-electron chi connectivity index (χ2n) is 5.53. The lowest BCUT2D eigenvalue weighted by molar-refractivity contribution is 0.277. The Balaban J connectivity index is 0.00000242. The van der Waals surface area contributed by atoms with Crippen molar-refractivity contribution in [2.75, 3.05) is 13.1 Å². The molecule has 6 nitrogen and oxygen atoms in total. The van der Waals surface area contributed by atoms with Crippen LogP contribution in [-0.4, -0.2) is 32.4 Å². The number of rotatable bonds is 3. The van der Waals surface area contributed by atoms with E-state index >= 15 is 0 Å². The number of nitrogens with two attached hydrogens (primary N) is 2. The van der Waals surface area contributed by atoms with Crippen LogP contribution >= 0.6 is 24.0 Å². The predicted molar refractivity (Wildman–Crippen MR) is 98.5 cm³/mol. The number of benzene rings is 1. The SMILES string of the molecule is CC1CCN(C(N)=NCc2ccc(S(N)(=O)=O)cc2)CC1.I. The zero-order valence-electron chi connectivity index (χ0n) is 12.6. The van der Waals surface area contributed by atoms with Crippen LogP contribution in [0.3, 0.4) is 0 Å². The fourth-order valence-corrected chi connectivity index (χ4v) is 2.81. The first-order valence-corrected chi connectivity index (χ1v) is 8.57. The largest absolute Gasteiger partial charge is 0.370 e. The number of hydrogen-bond donors (Lipinski definition) is 2. The molecule has 2 rings (SSSR count). The topological polar surface area (TPSA) is 102 Å². The fraction of sp³-hybridized carbons (Fsp3) is 0.500. The molecule has 1 fully saturated rings.